The van der Waals surface area contributed by atoms with Gasteiger partial charge in [0.1, 0.15) is 0 Å². The number of halogens is 1. The molecule has 2 heterocycles. The molecule has 0 bridgehead atoms. The summed E-state index contributed by atoms with van der Waals surface area (Å²) in [6, 6.07) is 3.99. The van der Waals surface area contributed by atoms with Crippen molar-refractivity contribution in [2.75, 3.05) is 0 Å². The summed E-state index contributed by atoms with van der Waals surface area (Å²) in [4.78, 5) is 4.22. The molecule has 2 aromatic rings. The summed E-state index contributed by atoms with van der Waals surface area (Å²) in [5, 5.41) is 5.30. The van der Waals surface area contributed by atoms with Crippen LogP contribution in [0.4, 0.5) is 0 Å². The summed E-state index contributed by atoms with van der Waals surface area (Å²) in [5.41, 5.74) is 6.90. The van der Waals surface area contributed by atoms with Gasteiger partial charge in [0.25, 0.3) is 0 Å². The zero-order valence-electron chi connectivity index (χ0n) is 12.7. The van der Waals surface area contributed by atoms with E-state index >= 15 is 0 Å². The molecule has 0 fully saturated rings. The highest BCUT2D eigenvalue weighted by Gasteiger charge is 2.19. The molecule has 114 valence electrons. The Labute approximate surface area is 130 Å². The molecule has 21 heavy (non-hydrogen) atoms. The lowest BCUT2D eigenvalue weighted by atomic mass is 10.0. The molecule has 0 radical (unpaired) electrons. The van der Waals surface area contributed by atoms with Crippen LogP contribution >= 0.6 is 11.6 Å². The van der Waals surface area contributed by atoms with Gasteiger partial charge in [-0.25, -0.2) is 0 Å². The Morgan fingerprint density at radius 1 is 1.43 bits per heavy atom. The highest BCUT2D eigenvalue weighted by molar-refractivity contribution is 6.31. The van der Waals surface area contributed by atoms with E-state index in [1.165, 1.54) is 0 Å². The maximum absolute atomic E-state index is 6.46. The monoisotopic (exact) mass is 307 g/mol. The Morgan fingerprint density at radius 2 is 2.19 bits per heavy atom. The lowest BCUT2D eigenvalue weighted by Crippen LogP contribution is -2.30. The molecular formula is C15H22ClN5. The van der Waals surface area contributed by atoms with Crippen molar-refractivity contribution in [2.24, 2.45) is 5.84 Å². The topological polar surface area (TPSA) is 68.8 Å². The molecule has 0 saturated carbocycles. The van der Waals surface area contributed by atoms with Crippen LogP contribution in [-0.2, 0) is 19.4 Å². The molecule has 0 aliphatic heterocycles. The van der Waals surface area contributed by atoms with Crippen molar-refractivity contribution in [1.29, 1.82) is 0 Å². The number of nitrogens with two attached hydrogens (primary N) is 1. The summed E-state index contributed by atoms with van der Waals surface area (Å²) in [7, 11) is 0. The van der Waals surface area contributed by atoms with Crippen molar-refractivity contribution >= 4 is 11.6 Å². The molecule has 0 aliphatic carbocycles. The molecule has 1 unspecified atom stereocenters. The fourth-order valence-electron chi connectivity index (χ4n) is 2.46. The summed E-state index contributed by atoms with van der Waals surface area (Å²) >= 11 is 6.46. The van der Waals surface area contributed by atoms with E-state index in [0.717, 1.165) is 40.6 Å². The van der Waals surface area contributed by atoms with E-state index in [-0.39, 0.29) is 6.04 Å². The quantitative estimate of drug-likeness (QED) is 0.636. The number of aryl methyl sites for hydroxylation is 3. The number of nitrogens with zero attached hydrogens (tertiary/aromatic N) is 3. The van der Waals surface area contributed by atoms with Gasteiger partial charge in [0.15, 0.2) is 0 Å². The number of hydrogen-bond acceptors (Lipinski definition) is 4. The summed E-state index contributed by atoms with van der Waals surface area (Å²) in [5.74, 6) is 5.74. The van der Waals surface area contributed by atoms with Crippen LogP contribution in [0.5, 0.6) is 0 Å². The molecule has 0 amide bonds. The summed E-state index contributed by atoms with van der Waals surface area (Å²) in [6.45, 7) is 6.88. The first-order valence-electron chi connectivity index (χ1n) is 7.23. The molecule has 0 aromatic carbocycles. The lowest BCUT2D eigenvalue weighted by molar-refractivity contribution is 0.516. The Balaban J connectivity index is 2.32. The number of nitrogens with one attached hydrogen (secondary N) is 1. The predicted molar refractivity (Wildman–Crippen MR) is 85.0 cm³/mol. The second-order valence-corrected chi connectivity index (χ2v) is 5.41. The van der Waals surface area contributed by atoms with Crippen LogP contribution in [0.25, 0.3) is 0 Å². The first kappa shape index (κ1) is 15.9. The molecule has 0 aliphatic rings. The fraction of sp³-hybridized carbons (Fsp3) is 0.467. The minimum absolute atomic E-state index is 0.0177. The SMILES string of the molecule is CCc1nn(CC)c(CC(NN)c2ccnc(C)c2)c1Cl. The molecular weight excluding hydrogens is 286 g/mol. The largest absolute Gasteiger partial charge is 0.271 e. The number of hydrazine groups is 1. The molecule has 5 nitrogen and oxygen atoms in total. The van der Waals surface area contributed by atoms with Crippen molar-refractivity contribution in [2.45, 2.75) is 46.2 Å². The first-order chi connectivity index (χ1) is 10.1. The van der Waals surface area contributed by atoms with Gasteiger partial charge in [-0.05, 0) is 38.0 Å². The summed E-state index contributed by atoms with van der Waals surface area (Å²) < 4.78 is 1.96. The first-order valence-corrected chi connectivity index (χ1v) is 7.61. The van der Waals surface area contributed by atoms with Crippen LogP contribution in [0.1, 0.15) is 42.5 Å². The normalized spacial score (nSPS) is 12.6. The van der Waals surface area contributed by atoms with E-state index < -0.39 is 0 Å². The van der Waals surface area contributed by atoms with Gasteiger partial charge in [-0.3, -0.25) is 20.9 Å². The molecule has 1 atom stereocenters. The van der Waals surface area contributed by atoms with E-state index in [1.807, 2.05) is 23.7 Å². The number of pyridine rings is 1. The molecule has 3 N–H and O–H groups in total. The highest BCUT2D eigenvalue weighted by atomic mass is 35.5. The van der Waals surface area contributed by atoms with Gasteiger partial charge in [0.2, 0.25) is 0 Å². The maximum Gasteiger partial charge on any atom is 0.0850 e. The van der Waals surface area contributed by atoms with Crippen LogP contribution in [0.3, 0.4) is 0 Å². The average Bonchev–Trinajstić information content (AvgIpc) is 2.80. The Kier molecular flexibility index (Phi) is 5.33. The second kappa shape index (κ2) is 7.02. The zero-order chi connectivity index (χ0) is 15.4. The Morgan fingerprint density at radius 3 is 2.76 bits per heavy atom. The van der Waals surface area contributed by atoms with Gasteiger partial charge >= 0.3 is 0 Å². The molecule has 2 aromatic heterocycles. The van der Waals surface area contributed by atoms with E-state index in [2.05, 4.69) is 29.4 Å². The minimum atomic E-state index is -0.0177. The van der Waals surface area contributed by atoms with Gasteiger partial charge in [-0.1, -0.05) is 18.5 Å². The third-order valence-electron chi connectivity index (χ3n) is 3.62. The third-order valence-corrected chi connectivity index (χ3v) is 4.05. The number of hydrogen-bond donors (Lipinski definition) is 2. The van der Waals surface area contributed by atoms with Crippen molar-refractivity contribution in [3.8, 4) is 0 Å². The van der Waals surface area contributed by atoms with Crippen LogP contribution in [-0.4, -0.2) is 14.8 Å². The Hall–Kier alpha value is -1.43. The average molecular weight is 308 g/mol. The van der Waals surface area contributed by atoms with Gasteiger partial charge < -0.3 is 0 Å². The second-order valence-electron chi connectivity index (χ2n) is 5.03. The molecule has 0 saturated heterocycles. The van der Waals surface area contributed by atoms with Crippen LogP contribution in [0, 0.1) is 6.92 Å². The number of rotatable bonds is 6. The van der Waals surface area contributed by atoms with Crippen LogP contribution in [0.2, 0.25) is 5.02 Å². The lowest BCUT2D eigenvalue weighted by Gasteiger charge is -2.17. The van der Waals surface area contributed by atoms with Crippen LogP contribution in [0.15, 0.2) is 18.3 Å². The van der Waals surface area contributed by atoms with Gasteiger partial charge in [0.05, 0.1) is 22.5 Å². The molecule has 6 heteroatoms. The van der Waals surface area contributed by atoms with Crippen molar-refractivity contribution in [1.82, 2.24) is 20.2 Å². The van der Waals surface area contributed by atoms with E-state index in [1.54, 1.807) is 6.20 Å². The van der Waals surface area contributed by atoms with Crippen molar-refractivity contribution in [3.05, 3.63) is 46.0 Å². The Bertz CT molecular complexity index is 608. The number of aromatic nitrogens is 3. The fourth-order valence-corrected chi connectivity index (χ4v) is 2.81. The highest BCUT2D eigenvalue weighted by Crippen LogP contribution is 2.26. The standard InChI is InChI=1S/C15H22ClN5/c1-4-12-15(16)14(21(5-2)20-12)9-13(19-17)11-6-7-18-10(3)8-11/h6-8,13,19H,4-5,9,17H2,1-3H3. The molecule has 0 spiro atoms. The molecule has 2 rings (SSSR count). The van der Waals surface area contributed by atoms with Gasteiger partial charge in [0, 0.05) is 24.9 Å². The maximum atomic E-state index is 6.46. The zero-order valence-corrected chi connectivity index (χ0v) is 13.5. The minimum Gasteiger partial charge on any atom is -0.271 e. The van der Waals surface area contributed by atoms with E-state index in [0.29, 0.717) is 6.42 Å². The van der Waals surface area contributed by atoms with Crippen LogP contribution < -0.4 is 11.3 Å². The van der Waals surface area contributed by atoms with Crippen molar-refractivity contribution in [3.63, 3.8) is 0 Å². The van der Waals surface area contributed by atoms with Gasteiger partial charge in [-0.2, -0.15) is 5.10 Å². The third kappa shape index (κ3) is 3.43. The van der Waals surface area contributed by atoms with Crippen molar-refractivity contribution < 1.29 is 0 Å². The van der Waals surface area contributed by atoms with E-state index in [4.69, 9.17) is 17.4 Å². The van der Waals surface area contributed by atoms with Gasteiger partial charge in [-0.15, -0.1) is 0 Å². The summed E-state index contributed by atoms with van der Waals surface area (Å²) in [6.07, 6.45) is 3.32. The smallest absolute Gasteiger partial charge is 0.0850 e. The predicted octanol–water partition coefficient (Wildman–Crippen LogP) is 2.57. The van der Waals surface area contributed by atoms with E-state index in [9.17, 15) is 0 Å².